The van der Waals surface area contributed by atoms with E-state index < -0.39 is 0 Å². The van der Waals surface area contributed by atoms with Gasteiger partial charge in [-0.3, -0.25) is 0 Å². The average Bonchev–Trinajstić information content (AvgIpc) is 2.51. The molecule has 1 aromatic carbocycles. The maximum atomic E-state index is 6.42. The Morgan fingerprint density at radius 3 is 2.71 bits per heavy atom. The molecule has 2 unspecified atom stereocenters. The van der Waals surface area contributed by atoms with Crippen LogP contribution >= 0.6 is 11.6 Å². The molecule has 2 nitrogen and oxygen atoms in total. The SMILES string of the molecule is CNC(c1ccccc1Cl)C1CCOC2(CCCCC2)C1. The zero-order chi connectivity index (χ0) is 14.7. The number of ether oxygens (including phenoxy) is 1. The van der Waals surface area contributed by atoms with Crippen molar-refractivity contribution in [2.45, 2.75) is 56.6 Å². The molecule has 0 amide bonds. The lowest BCUT2D eigenvalue weighted by Crippen LogP contribution is -2.44. The fourth-order valence-electron chi connectivity index (χ4n) is 4.27. The van der Waals surface area contributed by atoms with Gasteiger partial charge in [0.05, 0.1) is 5.60 Å². The van der Waals surface area contributed by atoms with Gasteiger partial charge in [0.15, 0.2) is 0 Å². The van der Waals surface area contributed by atoms with E-state index in [4.69, 9.17) is 16.3 Å². The molecule has 3 heteroatoms. The van der Waals surface area contributed by atoms with Crippen molar-refractivity contribution in [1.29, 1.82) is 0 Å². The van der Waals surface area contributed by atoms with E-state index in [0.717, 1.165) is 18.1 Å². The van der Waals surface area contributed by atoms with Crippen molar-refractivity contribution >= 4 is 11.6 Å². The summed E-state index contributed by atoms with van der Waals surface area (Å²) in [6.45, 7) is 0.896. The van der Waals surface area contributed by atoms with Crippen LogP contribution in [0.3, 0.4) is 0 Å². The van der Waals surface area contributed by atoms with Crippen molar-refractivity contribution in [2.24, 2.45) is 5.92 Å². The van der Waals surface area contributed by atoms with Gasteiger partial charge in [0.1, 0.15) is 0 Å². The van der Waals surface area contributed by atoms with Crippen LogP contribution in [-0.4, -0.2) is 19.3 Å². The van der Waals surface area contributed by atoms with Crippen molar-refractivity contribution in [3.63, 3.8) is 0 Å². The van der Waals surface area contributed by atoms with Crippen molar-refractivity contribution in [1.82, 2.24) is 5.32 Å². The fraction of sp³-hybridized carbons (Fsp3) is 0.667. The lowest BCUT2D eigenvalue weighted by atomic mass is 9.73. The van der Waals surface area contributed by atoms with E-state index in [0.29, 0.717) is 12.0 Å². The van der Waals surface area contributed by atoms with E-state index in [1.807, 2.05) is 12.1 Å². The summed E-state index contributed by atoms with van der Waals surface area (Å²) < 4.78 is 6.24. The van der Waals surface area contributed by atoms with Crippen LogP contribution in [0, 0.1) is 5.92 Å². The van der Waals surface area contributed by atoms with Gasteiger partial charge in [-0.25, -0.2) is 0 Å². The van der Waals surface area contributed by atoms with E-state index in [9.17, 15) is 0 Å². The van der Waals surface area contributed by atoms with E-state index in [1.165, 1.54) is 44.1 Å². The molecular formula is C18H26ClNO. The second-order valence-electron chi connectivity index (χ2n) is 6.63. The number of rotatable bonds is 3. The monoisotopic (exact) mass is 307 g/mol. The number of halogens is 1. The van der Waals surface area contributed by atoms with E-state index in [1.54, 1.807) is 0 Å². The third-order valence-electron chi connectivity index (χ3n) is 5.32. The maximum Gasteiger partial charge on any atom is 0.0686 e. The van der Waals surface area contributed by atoms with Crippen LogP contribution in [0.2, 0.25) is 5.02 Å². The number of nitrogens with one attached hydrogen (secondary N) is 1. The minimum absolute atomic E-state index is 0.150. The smallest absolute Gasteiger partial charge is 0.0686 e. The summed E-state index contributed by atoms with van der Waals surface area (Å²) in [6, 6.07) is 8.58. The Hall–Kier alpha value is -0.570. The first-order valence-corrected chi connectivity index (χ1v) is 8.67. The van der Waals surface area contributed by atoms with Gasteiger partial charge in [-0.1, -0.05) is 49.1 Å². The molecule has 1 aliphatic heterocycles. The van der Waals surface area contributed by atoms with Gasteiger partial charge < -0.3 is 10.1 Å². The van der Waals surface area contributed by atoms with E-state index >= 15 is 0 Å². The Morgan fingerprint density at radius 2 is 2.00 bits per heavy atom. The standard InChI is InChI=1S/C18H26ClNO/c1-20-17(15-7-3-4-8-16(15)19)14-9-12-21-18(13-14)10-5-2-6-11-18/h3-4,7-8,14,17,20H,2,5-6,9-13H2,1H3. The summed E-state index contributed by atoms with van der Waals surface area (Å²) in [5, 5.41) is 4.39. The van der Waals surface area contributed by atoms with E-state index in [-0.39, 0.29) is 5.60 Å². The third-order valence-corrected chi connectivity index (χ3v) is 5.66. The first kappa shape index (κ1) is 15.3. The van der Waals surface area contributed by atoms with Crippen LogP contribution in [0.25, 0.3) is 0 Å². The molecule has 0 aromatic heterocycles. The van der Waals surface area contributed by atoms with Gasteiger partial charge in [0, 0.05) is 17.7 Å². The van der Waals surface area contributed by atoms with Crippen molar-refractivity contribution < 1.29 is 4.74 Å². The van der Waals surface area contributed by atoms with Crippen LogP contribution in [0.1, 0.15) is 56.6 Å². The molecule has 3 rings (SSSR count). The molecule has 2 fully saturated rings. The molecule has 1 saturated heterocycles. The van der Waals surface area contributed by atoms with Crippen LogP contribution in [0.15, 0.2) is 24.3 Å². The summed E-state index contributed by atoms with van der Waals surface area (Å²) in [5.74, 6) is 0.613. The van der Waals surface area contributed by atoms with Gasteiger partial charge in [-0.15, -0.1) is 0 Å². The molecule has 116 valence electrons. The molecule has 21 heavy (non-hydrogen) atoms. The number of benzene rings is 1. The average molecular weight is 308 g/mol. The molecule has 1 aliphatic carbocycles. The van der Waals surface area contributed by atoms with Crippen LogP contribution in [0.5, 0.6) is 0 Å². The Balaban J connectivity index is 1.79. The van der Waals surface area contributed by atoms with Crippen molar-refractivity contribution in [2.75, 3.05) is 13.7 Å². The summed E-state index contributed by atoms with van der Waals surface area (Å²) in [7, 11) is 2.05. The largest absolute Gasteiger partial charge is 0.375 e. The molecule has 0 bridgehead atoms. The predicted octanol–water partition coefficient (Wildman–Crippen LogP) is 4.73. The van der Waals surface area contributed by atoms with Gasteiger partial charge in [-0.05, 0) is 50.3 Å². The molecule has 1 saturated carbocycles. The molecule has 2 aliphatic rings. The Morgan fingerprint density at radius 1 is 1.24 bits per heavy atom. The van der Waals surface area contributed by atoms with Crippen LogP contribution in [0.4, 0.5) is 0 Å². The lowest BCUT2D eigenvalue weighted by Gasteiger charge is -2.45. The highest BCUT2D eigenvalue weighted by Crippen LogP contribution is 2.44. The molecule has 1 heterocycles. The molecule has 1 N–H and O–H groups in total. The van der Waals surface area contributed by atoms with Crippen molar-refractivity contribution in [3.8, 4) is 0 Å². The highest BCUT2D eigenvalue weighted by atomic mass is 35.5. The Bertz CT molecular complexity index is 465. The molecular weight excluding hydrogens is 282 g/mol. The van der Waals surface area contributed by atoms with E-state index in [2.05, 4.69) is 24.5 Å². The van der Waals surface area contributed by atoms with Gasteiger partial charge in [0.25, 0.3) is 0 Å². The summed E-state index contributed by atoms with van der Waals surface area (Å²) in [6.07, 6.45) is 8.79. The summed E-state index contributed by atoms with van der Waals surface area (Å²) in [4.78, 5) is 0. The predicted molar refractivity (Wildman–Crippen MR) is 87.7 cm³/mol. The normalized spacial score (nSPS) is 26.7. The minimum atomic E-state index is 0.150. The van der Waals surface area contributed by atoms with Crippen LogP contribution in [-0.2, 0) is 4.74 Å². The number of hydrogen-bond acceptors (Lipinski definition) is 2. The minimum Gasteiger partial charge on any atom is -0.375 e. The van der Waals surface area contributed by atoms with Gasteiger partial charge in [-0.2, -0.15) is 0 Å². The molecule has 2 atom stereocenters. The Labute approximate surface area is 133 Å². The zero-order valence-corrected chi connectivity index (χ0v) is 13.7. The first-order valence-electron chi connectivity index (χ1n) is 8.30. The maximum absolute atomic E-state index is 6.42. The van der Waals surface area contributed by atoms with Gasteiger partial charge >= 0.3 is 0 Å². The first-order chi connectivity index (χ1) is 10.2. The highest BCUT2D eigenvalue weighted by Gasteiger charge is 2.41. The second kappa shape index (κ2) is 6.68. The molecule has 1 aromatic rings. The highest BCUT2D eigenvalue weighted by molar-refractivity contribution is 6.31. The second-order valence-corrected chi connectivity index (χ2v) is 7.04. The molecule has 1 spiro atoms. The zero-order valence-electron chi connectivity index (χ0n) is 12.9. The van der Waals surface area contributed by atoms with Crippen molar-refractivity contribution in [3.05, 3.63) is 34.9 Å². The topological polar surface area (TPSA) is 21.3 Å². The summed E-state index contributed by atoms with van der Waals surface area (Å²) in [5.41, 5.74) is 1.39. The molecule has 0 radical (unpaired) electrons. The third kappa shape index (κ3) is 3.28. The van der Waals surface area contributed by atoms with Gasteiger partial charge in [0.2, 0.25) is 0 Å². The van der Waals surface area contributed by atoms with Crippen LogP contribution < -0.4 is 5.32 Å². The lowest BCUT2D eigenvalue weighted by molar-refractivity contribution is -0.121. The Kier molecular flexibility index (Phi) is 4.88. The summed E-state index contributed by atoms with van der Waals surface area (Å²) >= 11 is 6.42. The quantitative estimate of drug-likeness (QED) is 0.871. The number of hydrogen-bond donors (Lipinski definition) is 1. The fourth-order valence-corrected chi connectivity index (χ4v) is 4.52.